The first-order chi connectivity index (χ1) is 7.90. The highest BCUT2D eigenvalue weighted by molar-refractivity contribution is 5.26. The third-order valence-corrected chi connectivity index (χ3v) is 2.13. The summed E-state index contributed by atoms with van der Waals surface area (Å²) >= 11 is 0. The van der Waals surface area contributed by atoms with Gasteiger partial charge in [0.2, 0.25) is 5.95 Å². The summed E-state index contributed by atoms with van der Waals surface area (Å²) in [6.45, 7) is 4.96. The molecule has 1 aromatic heterocycles. The van der Waals surface area contributed by atoms with E-state index in [1.54, 1.807) is 10.8 Å². The minimum absolute atomic E-state index is 0.601. The zero-order valence-electron chi connectivity index (χ0n) is 8.87. The molecule has 2 aromatic rings. The van der Waals surface area contributed by atoms with Gasteiger partial charge in [0.1, 0.15) is 0 Å². The van der Waals surface area contributed by atoms with E-state index in [2.05, 4.69) is 39.6 Å². The fourth-order valence-corrected chi connectivity index (χ4v) is 1.35. The minimum Gasteiger partial charge on any atom is -0.349 e. The Balaban J connectivity index is 1.99. The van der Waals surface area contributed by atoms with Crippen LogP contribution in [0.4, 0.5) is 5.95 Å². The van der Waals surface area contributed by atoms with Gasteiger partial charge in [-0.1, -0.05) is 41.5 Å². The third-order valence-electron chi connectivity index (χ3n) is 2.13. The minimum atomic E-state index is 0.601. The lowest BCUT2D eigenvalue weighted by molar-refractivity contribution is 0.663. The van der Waals surface area contributed by atoms with E-state index in [1.807, 2.05) is 18.2 Å². The molecule has 0 aliphatic heterocycles. The largest absolute Gasteiger partial charge is 0.349 e. The van der Waals surface area contributed by atoms with Crippen LogP contribution in [0.25, 0.3) is 0 Å². The smallest absolute Gasteiger partial charge is 0.243 e. The molecule has 0 spiro atoms. The lowest BCUT2D eigenvalue weighted by Crippen LogP contribution is -2.08. The molecule has 0 saturated heterocycles. The fraction of sp³-hybridized carbons (Fsp3) is 0.182. The van der Waals surface area contributed by atoms with Gasteiger partial charge in [-0.05, 0) is 16.0 Å². The normalized spacial score (nSPS) is 10.0. The van der Waals surface area contributed by atoms with Crippen molar-refractivity contribution in [3.8, 4) is 0 Å². The van der Waals surface area contributed by atoms with Crippen molar-refractivity contribution in [1.29, 1.82) is 0 Å². The van der Waals surface area contributed by atoms with E-state index in [0.29, 0.717) is 19.0 Å². The Hall–Kier alpha value is -2.17. The molecule has 0 amide bonds. The second-order valence-electron chi connectivity index (χ2n) is 3.31. The summed E-state index contributed by atoms with van der Waals surface area (Å²) in [6, 6.07) is 10.1. The first kappa shape index (κ1) is 10.4. The molecule has 0 aliphatic carbocycles. The van der Waals surface area contributed by atoms with E-state index in [0.717, 1.165) is 0 Å². The van der Waals surface area contributed by atoms with Crippen LogP contribution in [-0.2, 0) is 13.1 Å². The van der Waals surface area contributed by atoms with Crippen LogP contribution in [0.2, 0.25) is 0 Å². The number of nitrogens with zero attached hydrogens (tertiary/aromatic N) is 4. The molecule has 5 heteroatoms. The highest BCUT2D eigenvalue weighted by Crippen LogP contribution is 2.04. The van der Waals surface area contributed by atoms with Gasteiger partial charge in [0.15, 0.2) is 0 Å². The molecule has 1 heterocycles. The Bertz CT molecular complexity index is 448. The molecule has 0 saturated carbocycles. The molecule has 16 heavy (non-hydrogen) atoms. The van der Waals surface area contributed by atoms with Gasteiger partial charge in [-0.3, -0.25) is 0 Å². The van der Waals surface area contributed by atoms with Crippen LogP contribution in [0.3, 0.4) is 0 Å². The predicted octanol–water partition coefficient (Wildman–Crippen LogP) is 1.47. The average molecular weight is 215 g/mol. The molecule has 0 bridgehead atoms. The fourth-order valence-electron chi connectivity index (χ4n) is 1.35. The molecule has 0 aliphatic rings. The maximum atomic E-state index is 3.89. The Morgan fingerprint density at radius 1 is 1.31 bits per heavy atom. The van der Waals surface area contributed by atoms with Crippen LogP contribution >= 0.6 is 0 Å². The number of rotatable bonds is 5. The van der Waals surface area contributed by atoms with Crippen LogP contribution in [0.5, 0.6) is 0 Å². The summed E-state index contributed by atoms with van der Waals surface area (Å²) in [5.41, 5.74) is 1.19. The molecule has 0 unspecified atom stereocenters. The van der Waals surface area contributed by atoms with Crippen LogP contribution in [0, 0.1) is 0 Å². The monoisotopic (exact) mass is 215 g/mol. The van der Waals surface area contributed by atoms with Crippen LogP contribution < -0.4 is 5.32 Å². The second kappa shape index (κ2) is 5.06. The quantitative estimate of drug-likeness (QED) is 0.767. The van der Waals surface area contributed by atoms with E-state index in [4.69, 9.17) is 0 Å². The summed E-state index contributed by atoms with van der Waals surface area (Å²) < 4.78 is 1.66. The van der Waals surface area contributed by atoms with Crippen molar-refractivity contribution >= 4 is 5.95 Å². The number of anilines is 1. The molecule has 0 atom stereocenters. The van der Waals surface area contributed by atoms with Crippen molar-refractivity contribution < 1.29 is 0 Å². The Morgan fingerprint density at radius 2 is 2.12 bits per heavy atom. The molecular formula is C11H13N5. The second-order valence-corrected chi connectivity index (χ2v) is 3.31. The molecule has 82 valence electrons. The highest BCUT2D eigenvalue weighted by Gasteiger charge is 2.02. The third kappa shape index (κ3) is 2.44. The molecule has 2 rings (SSSR count). The Kier molecular flexibility index (Phi) is 3.28. The molecule has 1 aromatic carbocycles. The molecule has 5 nitrogen and oxygen atoms in total. The SMILES string of the molecule is C=CCn1nnnc1NCc1ccccc1. The molecule has 1 N–H and O–H groups in total. The summed E-state index contributed by atoms with van der Waals surface area (Å²) in [7, 11) is 0. The van der Waals surface area contributed by atoms with E-state index in [9.17, 15) is 0 Å². The van der Waals surface area contributed by atoms with Gasteiger partial charge in [-0.15, -0.1) is 6.58 Å². The summed E-state index contributed by atoms with van der Waals surface area (Å²) in [6.07, 6.45) is 1.75. The topological polar surface area (TPSA) is 55.6 Å². The number of aromatic nitrogens is 4. The van der Waals surface area contributed by atoms with E-state index < -0.39 is 0 Å². The average Bonchev–Trinajstić information content (AvgIpc) is 2.76. The van der Waals surface area contributed by atoms with Crippen molar-refractivity contribution in [2.75, 3.05) is 5.32 Å². The number of hydrogen-bond donors (Lipinski definition) is 1. The van der Waals surface area contributed by atoms with Crippen molar-refractivity contribution in [2.45, 2.75) is 13.1 Å². The highest BCUT2D eigenvalue weighted by atomic mass is 15.6. The number of nitrogens with one attached hydrogen (secondary N) is 1. The van der Waals surface area contributed by atoms with Gasteiger partial charge in [-0.25, -0.2) is 4.68 Å². The molecule has 0 radical (unpaired) electrons. The van der Waals surface area contributed by atoms with Gasteiger partial charge < -0.3 is 5.32 Å². The first-order valence-corrected chi connectivity index (χ1v) is 5.05. The van der Waals surface area contributed by atoms with Gasteiger partial charge >= 0.3 is 0 Å². The summed E-state index contributed by atoms with van der Waals surface area (Å²) in [5.74, 6) is 0.656. The van der Waals surface area contributed by atoms with Gasteiger partial charge in [-0.2, -0.15) is 0 Å². The van der Waals surface area contributed by atoms with Crippen molar-refractivity contribution in [3.63, 3.8) is 0 Å². The number of benzene rings is 1. The van der Waals surface area contributed by atoms with Crippen LogP contribution in [0.1, 0.15) is 5.56 Å². The lowest BCUT2D eigenvalue weighted by Gasteiger charge is -2.04. The zero-order valence-corrected chi connectivity index (χ0v) is 8.87. The standard InChI is InChI=1S/C11H13N5/c1-2-8-16-11(13-14-15-16)12-9-10-6-4-3-5-7-10/h2-7H,1,8-9H2,(H,12,13,15). The maximum absolute atomic E-state index is 3.89. The summed E-state index contributed by atoms with van der Waals surface area (Å²) in [5, 5.41) is 14.5. The van der Waals surface area contributed by atoms with Crippen molar-refractivity contribution in [1.82, 2.24) is 20.2 Å². The molecule has 0 fully saturated rings. The number of allylic oxidation sites excluding steroid dienone is 1. The van der Waals surface area contributed by atoms with E-state index >= 15 is 0 Å². The van der Waals surface area contributed by atoms with E-state index in [1.165, 1.54) is 5.56 Å². The zero-order chi connectivity index (χ0) is 11.2. The van der Waals surface area contributed by atoms with Crippen molar-refractivity contribution in [3.05, 3.63) is 48.6 Å². The van der Waals surface area contributed by atoms with E-state index in [-0.39, 0.29) is 0 Å². The number of tetrazole rings is 1. The van der Waals surface area contributed by atoms with Crippen molar-refractivity contribution in [2.24, 2.45) is 0 Å². The van der Waals surface area contributed by atoms with Crippen LogP contribution in [0.15, 0.2) is 43.0 Å². The summed E-state index contributed by atoms with van der Waals surface area (Å²) in [4.78, 5) is 0. The first-order valence-electron chi connectivity index (χ1n) is 5.05. The number of hydrogen-bond acceptors (Lipinski definition) is 4. The van der Waals surface area contributed by atoms with Gasteiger partial charge in [0.25, 0.3) is 0 Å². The van der Waals surface area contributed by atoms with Gasteiger partial charge in [0, 0.05) is 6.54 Å². The molecular weight excluding hydrogens is 202 g/mol. The Labute approximate surface area is 93.8 Å². The van der Waals surface area contributed by atoms with Gasteiger partial charge in [0.05, 0.1) is 6.54 Å². The Morgan fingerprint density at radius 3 is 2.88 bits per heavy atom. The predicted molar refractivity (Wildman–Crippen MR) is 61.8 cm³/mol. The maximum Gasteiger partial charge on any atom is 0.243 e. The van der Waals surface area contributed by atoms with Crippen LogP contribution in [-0.4, -0.2) is 20.2 Å². The lowest BCUT2D eigenvalue weighted by atomic mass is 10.2.